The first-order valence-electron chi connectivity index (χ1n) is 15.7. The minimum absolute atomic E-state index is 0.192. The zero-order valence-corrected chi connectivity index (χ0v) is 25.2. The van der Waals surface area contributed by atoms with Crippen LogP contribution in [-0.4, -0.2) is 82.7 Å². The number of ether oxygens (including phenoxy) is 1. The Kier molecular flexibility index (Phi) is 9.12. The Balaban J connectivity index is 1.01. The van der Waals surface area contributed by atoms with Gasteiger partial charge in [-0.3, -0.25) is 24.5 Å². The fourth-order valence-electron chi connectivity index (χ4n) is 6.60. The van der Waals surface area contributed by atoms with E-state index in [0.29, 0.717) is 42.4 Å². The lowest BCUT2D eigenvalue weighted by molar-refractivity contribution is -0.137. The first-order chi connectivity index (χ1) is 21.9. The van der Waals surface area contributed by atoms with E-state index in [4.69, 9.17) is 4.74 Å². The molecule has 3 fully saturated rings. The van der Waals surface area contributed by atoms with Gasteiger partial charge in [-0.25, -0.2) is 4.79 Å². The van der Waals surface area contributed by atoms with Gasteiger partial charge in [0.15, 0.2) is 0 Å². The van der Waals surface area contributed by atoms with E-state index in [0.717, 1.165) is 37.1 Å². The normalized spacial score (nSPS) is 20.6. The van der Waals surface area contributed by atoms with Crippen molar-refractivity contribution in [2.45, 2.75) is 70.1 Å². The number of nitrogens with zero attached hydrogens (tertiary/aromatic N) is 3. The van der Waals surface area contributed by atoms with Crippen LogP contribution >= 0.6 is 0 Å². The zero-order chi connectivity index (χ0) is 31.3. The van der Waals surface area contributed by atoms with Crippen LogP contribution in [0.25, 0.3) is 0 Å². The van der Waals surface area contributed by atoms with E-state index < -0.39 is 23.9 Å². The highest BCUT2D eigenvalue weighted by molar-refractivity contribution is 6.05. The summed E-state index contributed by atoms with van der Waals surface area (Å²) in [5.74, 6) is 4.18. The van der Waals surface area contributed by atoms with Gasteiger partial charge in [-0.05, 0) is 74.5 Å². The largest absolute Gasteiger partial charge is 0.415 e. The summed E-state index contributed by atoms with van der Waals surface area (Å²) in [5, 5.41) is 5.07. The van der Waals surface area contributed by atoms with Gasteiger partial charge in [0.2, 0.25) is 11.8 Å². The molecule has 11 nitrogen and oxygen atoms in total. The fourth-order valence-corrected chi connectivity index (χ4v) is 6.60. The van der Waals surface area contributed by atoms with E-state index in [1.165, 1.54) is 24.2 Å². The lowest BCUT2D eigenvalue weighted by Crippen LogP contribution is -2.52. The second kappa shape index (κ2) is 13.5. The minimum Gasteiger partial charge on any atom is -0.409 e. The summed E-state index contributed by atoms with van der Waals surface area (Å²) >= 11 is 0. The first kappa shape index (κ1) is 30.3. The number of likely N-dealkylation sites (tertiary alicyclic amines) is 2. The van der Waals surface area contributed by atoms with E-state index >= 15 is 0 Å². The monoisotopic (exact) mass is 611 g/mol. The van der Waals surface area contributed by atoms with Gasteiger partial charge in [0.1, 0.15) is 11.8 Å². The molecule has 0 bridgehead atoms. The average molecular weight is 612 g/mol. The van der Waals surface area contributed by atoms with E-state index in [1.807, 2.05) is 6.07 Å². The van der Waals surface area contributed by atoms with Crippen molar-refractivity contribution in [2.24, 2.45) is 0 Å². The molecule has 4 heterocycles. The topological polar surface area (TPSA) is 128 Å². The second-order valence-corrected chi connectivity index (χ2v) is 12.0. The van der Waals surface area contributed by atoms with Gasteiger partial charge in [0.25, 0.3) is 11.8 Å². The Bertz CT molecular complexity index is 1560. The van der Waals surface area contributed by atoms with Gasteiger partial charge in [0.05, 0.1) is 5.56 Å². The number of carbonyl (C=O) groups excluding carboxylic acids is 5. The number of hydrogen-bond acceptors (Lipinski definition) is 7. The van der Waals surface area contributed by atoms with Gasteiger partial charge in [0, 0.05) is 50.1 Å². The number of carbonyl (C=O) groups is 5. The molecule has 0 aliphatic carbocycles. The van der Waals surface area contributed by atoms with Crippen molar-refractivity contribution in [3.05, 3.63) is 64.7 Å². The third-order valence-electron chi connectivity index (χ3n) is 9.07. The van der Waals surface area contributed by atoms with Gasteiger partial charge >= 0.3 is 6.09 Å². The Morgan fingerprint density at radius 3 is 2.51 bits per heavy atom. The third kappa shape index (κ3) is 7.02. The maximum Gasteiger partial charge on any atom is 0.415 e. The molecule has 0 saturated carbocycles. The van der Waals surface area contributed by atoms with Crippen molar-refractivity contribution in [3.8, 4) is 17.6 Å². The molecular weight excluding hydrogens is 574 g/mol. The van der Waals surface area contributed by atoms with E-state index in [9.17, 15) is 24.0 Å². The third-order valence-corrected chi connectivity index (χ3v) is 9.07. The molecule has 6 rings (SSSR count). The maximum atomic E-state index is 12.9. The predicted octanol–water partition coefficient (Wildman–Crippen LogP) is 2.56. The molecule has 4 aliphatic rings. The lowest BCUT2D eigenvalue weighted by atomic mass is 10.0. The van der Waals surface area contributed by atoms with Crippen LogP contribution in [0.3, 0.4) is 0 Å². The number of fused-ring (bicyclic) bond motifs is 1. The smallest absolute Gasteiger partial charge is 0.409 e. The molecule has 2 N–H and O–H groups in total. The SMILES string of the molecule is O=C(C#Cc1ccccc1OC(=O)N1CCC(N2CCCCC2)CC1)NCc1ccc2c(c1)CN(C1CCC(=O)NC1=O)C2=O. The predicted molar refractivity (Wildman–Crippen MR) is 164 cm³/mol. The summed E-state index contributed by atoms with van der Waals surface area (Å²) < 4.78 is 5.71. The van der Waals surface area contributed by atoms with Crippen LogP contribution in [-0.2, 0) is 27.5 Å². The molecular formula is C34H37N5O6. The number of para-hydroxylation sites is 1. The van der Waals surface area contributed by atoms with Crippen molar-refractivity contribution < 1.29 is 28.7 Å². The number of hydrogen-bond donors (Lipinski definition) is 2. The lowest BCUT2D eigenvalue weighted by Gasteiger charge is -2.39. The van der Waals surface area contributed by atoms with Crippen molar-refractivity contribution >= 4 is 29.7 Å². The molecule has 0 radical (unpaired) electrons. The number of rotatable bonds is 5. The van der Waals surface area contributed by atoms with Crippen molar-refractivity contribution in [1.82, 2.24) is 25.3 Å². The van der Waals surface area contributed by atoms with Gasteiger partial charge in [-0.2, -0.15) is 0 Å². The highest BCUT2D eigenvalue weighted by atomic mass is 16.6. The van der Waals surface area contributed by atoms with Crippen LogP contribution < -0.4 is 15.4 Å². The van der Waals surface area contributed by atoms with Gasteiger partial charge in [-0.1, -0.05) is 36.6 Å². The molecule has 3 saturated heterocycles. The van der Waals surface area contributed by atoms with Crippen LogP contribution in [0.5, 0.6) is 5.75 Å². The number of nitrogens with one attached hydrogen (secondary N) is 2. The first-order valence-corrected chi connectivity index (χ1v) is 15.7. The molecule has 11 heteroatoms. The second-order valence-electron chi connectivity index (χ2n) is 12.0. The van der Waals surface area contributed by atoms with Crippen molar-refractivity contribution in [1.29, 1.82) is 0 Å². The molecule has 2 aromatic rings. The Morgan fingerprint density at radius 1 is 0.956 bits per heavy atom. The molecule has 5 amide bonds. The Morgan fingerprint density at radius 2 is 1.73 bits per heavy atom. The molecule has 2 aromatic carbocycles. The van der Waals surface area contributed by atoms with Crippen LogP contribution in [0.1, 0.15) is 72.0 Å². The molecule has 45 heavy (non-hydrogen) atoms. The molecule has 0 spiro atoms. The maximum absolute atomic E-state index is 12.9. The van der Waals surface area contributed by atoms with Crippen LogP contribution in [0.2, 0.25) is 0 Å². The van der Waals surface area contributed by atoms with Crippen LogP contribution in [0.4, 0.5) is 4.79 Å². The number of imide groups is 1. The molecule has 234 valence electrons. The van der Waals surface area contributed by atoms with Gasteiger partial charge in [-0.15, -0.1) is 0 Å². The molecule has 0 aromatic heterocycles. The van der Waals surface area contributed by atoms with Crippen LogP contribution in [0, 0.1) is 11.8 Å². The number of piperidine rings is 3. The van der Waals surface area contributed by atoms with E-state index in [-0.39, 0.29) is 31.3 Å². The fraction of sp³-hybridized carbons (Fsp3) is 0.441. The highest BCUT2D eigenvalue weighted by Crippen LogP contribution is 2.28. The zero-order valence-electron chi connectivity index (χ0n) is 25.2. The summed E-state index contributed by atoms with van der Waals surface area (Å²) in [6.45, 7) is 4.05. The highest BCUT2D eigenvalue weighted by Gasteiger charge is 2.39. The van der Waals surface area contributed by atoms with Crippen molar-refractivity contribution in [2.75, 3.05) is 26.2 Å². The van der Waals surface area contributed by atoms with E-state index in [2.05, 4.69) is 27.4 Å². The summed E-state index contributed by atoms with van der Waals surface area (Å²) in [6.07, 6.45) is 5.77. The summed E-state index contributed by atoms with van der Waals surface area (Å²) in [7, 11) is 0. The molecule has 1 unspecified atom stereocenters. The minimum atomic E-state index is -0.681. The molecule has 1 atom stereocenters. The van der Waals surface area contributed by atoms with Crippen LogP contribution in [0.15, 0.2) is 42.5 Å². The average Bonchev–Trinajstić information content (AvgIpc) is 3.38. The van der Waals surface area contributed by atoms with Crippen molar-refractivity contribution in [3.63, 3.8) is 0 Å². The number of benzene rings is 2. The standard InChI is InChI=1S/C34H37N5O6/c40-30(35-21-23-8-10-27-25(20-23)22-39(33(27)43)28-11-13-31(41)36-32(28)42)12-9-24-6-2-3-7-29(24)45-34(44)38-18-14-26(15-19-38)37-16-4-1-5-17-37/h2-3,6-8,10,20,26,28H,1,4-5,11,13-19,21-22H2,(H,35,40)(H,36,41,42). The quantitative estimate of drug-likeness (QED) is 0.393. The summed E-state index contributed by atoms with van der Waals surface area (Å²) in [5.41, 5.74) is 2.48. The number of amides is 5. The van der Waals surface area contributed by atoms with Gasteiger partial charge < -0.3 is 24.8 Å². The Labute approximate surface area is 262 Å². The molecule has 4 aliphatic heterocycles. The van der Waals surface area contributed by atoms with E-state index in [1.54, 1.807) is 41.3 Å². The summed E-state index contributed by atoms with van der Waals surface area (Å²) in [4.78, 5) is 68.0. The summed E-state index contributed by atoms with van der Waals surface area (Å²) in [6, 6.07) is 12.0. The Hall–Kier alpha value is -4.69.